The van der Waals surface area contributed by atoms with Gasteiger partial charge in [-0.3, -0.25) is 9.29 Å². The average molecular weight is 484 g/mol. The summed E-state index contributed by atoms with van der Waals surface area (Å²) in [5.41, 5.74) is 0.593. The van der Waals surface area contributed by atoms with Gasteiger partial charge >= 0.3 is 5.76 Å². The fourth-order valence-electron chi connectivity index (χ4n) is 3.36. The molecule has 32 heavy (non-hydrogen) atoms. The molecule has 1 N–H and O–H groups in total. The summed E-state index contributed by atoms with van der Waals surface area (Å²) in [5.74, 6) is -0.525. The third-order valence-corrected chi connectivity index (χ3v) is 8.38. The lowest BCUT2D eigenvalue weighted by molar-refractivity contribution is 0.0729. The maximum absolute atomic E-state index is 13.1. The van der Waals surface area contributed by atoms with E-state index in [0.717, 1.165) is 0 Å². The molecular formula is C19H21N3O8S2. The van der Waals surface area contributed by atoms with Crippen molar-refractivity contribution in [1.82, 2.24) is 8.87 Å². The third kappa shape index (κ3) is 3.99. The van der Waals surface area contributed by atoms with Crippen LogP contribution in [0.15, 0.2) is 55.4 Å². The number of anilines is 1. The van der Waals surface area contributed by atoms with Crippen LogP contribution in [0, 0.1) is 0 Å². The van der Waals surface area contributed by atoms with Crippen molar-refractivity contribution in [1.29, 1.82) is 0 Å². The molecule has 0 spiro atoms. The number of nitrogens with zero attached hydrogens (tertiary/aromatic N) is 2. The molecule has 1 aromatic heterocycles. The standard InChI is InChI=1S/C19H21N3O8S2/c1-21-15-5-4-14(12-17(15)30-19(21)23)31(24,25)20-13-3-6-16(28-2)18(11-13)32(26,27)22-7-9-29-10-8-22/h3-6,11-12,20H,7-10H2,1-2H3. The monoisotopic (exact) mass is 483 g/mol. The largest absolute Gasteiger partial charge is 0.495 e. The zero-order valence-corrected chi connectivity index (χ0v) is 18.9. The predicted molar refractivity (Wildman–Crippen MR) is 115 cm³/mol. The Morgan fingerprint density at radius 2 is 1.75 bits per heavy atom. The first-order valence-electron chi connectivity index (χ1n) is 9.52. The molecule has 0 aliphatic carbocycles. The summed E-state index contributed by atoms with van der Waals surface area (Å²) in [7, 11) is -5.20. The van der Waals surface area contributed by atoms with E-state index in [1.807, 2.05) is 0 Å². The van der Waals surface area contributed by atoms with Crippen molar-refractivity contribution in [3.8, 4) is 5.75 Å². The van der Waals surface area contributed by atoms with E-state index in [-0.39, 0.29) is 53.1 Å². The number of benzene rings is 2. The molecule has 1 aliphatic heterocycles. The van der Waals surface area contributed by atoms with E-state index in [1.54, 1.807) is 0 Å². The molecule has 11 nitrogen and oxygen atoms in total. The van der Waals surface area contributed by atoms with Gasteiger partial charge in [0.05, 0.1) is 36.4 Å². The van der Waals surface area contributed by atoms with E-state index in [2.05, 4.69) is 4.72 Å². The lowest BCUT2D eigenvalue weighted by Gasteiger charge is -2.26. The normalized spacial score (nSPS) is 15.7. The van der Waals surface area contributed by atoms with Gasteiger partial charge in [0.1, 0.15) is 10.6 Å². The highest BCUT2D eigenvalue weighted by molar-refractivity contribution is 7.92. The number of aromatic nitrogens is 1. The Hall–Kier alpha value is -2.87. The molecular weight excluding hydrogens is 462 g/mol. The molecule has 0 atom stereocenters. The van der Waals surface area contributed by atoms with Gasteiger partial charge in [-0.2, -0.15) is 4.31 Å². The number of fused-ring (bicyclic) bond motifs is 1. The number of morpholine rings is 1. The van der Waals surface area contributed by atoms with Gasteiger partial charge in [0.25, 0.3) is 10.0 Å². The number of aryl methyl sites for hydroxylation is 1. The van der Waals surface area contributed by atoms with Gasteiger partial charge in [-0.15, -0.1) is 0 Å². The molecule has 0 amide bonds. The fourth-order valence-corrected chi connectivity index (χ4v) is 6.02. The van der Waals surface area contributed by atoms with E-state index in [9.17, 15) is 21.6 Å². The molecule has 0 saturated carbocycles. The Kier molecular flexibility index (Phi) is 5.75. The topological polar surface area (TPSA) is 137 Å². The lowest BCUT2D eigenvalue weighted by Crippen LogP contribution is -2.40. The Labute approximate surface area is 184 Å². The molecule has 1 fully saturated rings. The molecule has 0 radical (unpaired) electrons. The van der Waals surface area contributed by atoms with Crippen LogP contribution in [0.4, 0.5) is 5.69 Å². The molecule has 3 aromatic rings. The van der Waals surface area contributed by atoms with E-state index >= 15 is 0 Å². The number of hydrogen-bond acceptors (Lipinski definition) is 8. The highest BCUT2D eigenvalue weighted by Gasteiger charge is 2.30. The quantitative estimate of drug-likeness (QED) is 0.547. The van der Waals surface area contributed by atoms with Gasteiger partial charge in [-0.1, -0.05) is 0 Å². The first-order valence-corrected chi connectivity index (χ1v) is 12.4. The fraction of sp³-hybridized carbons (Fsp3) is 0.316. The van der Waals surface area contributed by atoms with Crippen molar-refractivity contribution in [2.45, 2.75) is 9.79 Å². The predicted octanol–water partition coefficient (Wildman–Crippen LogP) is 0.962. The summed E-state index contributed by atoms with van der Waals surface area (Å²) in [6.07, 6.45) is 0. The smallest absolute Gasteiger partial charge is 0.419 e. The lowest BCUT2D eigenvalue weighted by atomic mass is 10.3. The van der Waals surface area contributed by atoms with Gasteiger partial charge in [-0.25, -0.2) is 21.6 Å². The van der Waals surface area contributed by atoms with E-state index in [4.69, 9.17) is 13.9 Å². The van der Waals surface area contributed by atoms with Gasteiger partial charge in [0.2, 0.25) is 10.0 Å². The number of rotatable bonds is 6. The molecule has 1 saturated heterocycles. The van der Waals surface area contributed by atoms with Gasteiger partial charge in [0, 0.05) is 26.2 Å². The molecule has 0 bridgehead atoms. The Bertz CT molecular complexity index is 1430. The first kappa shape index (κ1) is 22.3. The van der Waals surface area contributed by atoms with Crippen LogP contribution in [0.25, 0.3) is 11.1 Å². The van der Waals surface area contributed by atoms with Gasteiger partial charge < -0.3 is 13.9 Å². The molecule has 4 rings (SSSR count). The van der Waals surface area contributed by atoms with Gasteiger partial charge in [-0.05, 0) is 30.3 Å². The zero-order valence-electron chi connectivity index (χ0n) is 17.3. The highest BCUT2D eigenvalue weighted by atomic mass is 32.2. The van der Waals surface area contributed by atoms with E-state index in [1.165, 1.54) is 59.4 Å². The second-order valence-electron chi connectivity index (χ2n) is 7.04. The summed E-state index contributed by atoms with van der Waals surface area (Å²) >= 11 is 0. The minimum atomic E-state index is -4.11. The van der Waals surface area contributed by atoms with Crippen LogP contribution in [0.3, 0.4) is 0 Å². The first-order chi connectivity index (χ1) is 15.1. The molecule has 172 valence electrons. The van der Waals surface area contributed by atoms with Crippen LogP contribution in [-0.4, -0.2) is 59.1 Å². The molecule has 13 heteroatoms. The number of sulfonamides is 2. The summed E-state index contributed by atoms with van der Waals surface area (Å²) in [6, 6.07) is 8.00. The Balaban J connectivity index is 1.70. The molecule has 0 unspecified atom stereocenters. The Morgan fingerprint density at radius 3 is 2.44 bits per heavy atom. The zero-order chi connectivity index (χ0) is 23.1. The van der Waals surface area contributed by atoms with Crippen molar-refractivity contribution in [2.24, 2.45) is 7.05 Å². The molecule has 2 heterocycles. The average Bonchev–Trinajstić information content (AvgIpc) is 3.07. The summed E-state index contributed by atoms with van der Waals surface area (Å²) in [5, 5.41) is 0. The maximum Gasteiger partial charge on any atom is 0.419 e. The van der Waals surface area contributed by atoms with Crippen LogP contribution in [-0.2, 0) is 31.8 Å². The van der Waals surface area contributed by atoms with Crippen molar-refractivity contribution >= 4 is 36.8 Å². The molecule has 1 aliphatic rings. The minimum Gasteiger partial charge on any atom is -0.495 e. The number of nitrogens with one attached hydrogen (secondary N) is 1. The number of hydrogen-bond donors (Lipinski definition) is 1. The van der Waals surface area contributed by atoms with Crippen LogP contribution < -0.4 is 15.2 Å². The summed E-state index contributed by atoms with van der Waals surface area (Å²) in [4.78, 5) is 11.4. The van der Waals surface area contributed by atoms with E-state index in [0.29, 0.717) is 5.52 Å². The highest BCUT2D eigenvalue weighted by Crippen LogP contribution is 2.31. The van der Waals surface area contributed by atoms with Crippen molar-refractivity contribution in [3.05, 3.63) is 46.9 Å². The number of ether oxygens (including phenoxy) is 2. The summed E-state index contributed by atoms with van der Waals surface area (Å²) < 4.78 is 72.4. The number of oxazole rings is 1. The van der Waals surface area contributed by atoms with E-state index < -0.39 is 25.8 Å². The summed E-state index contributed by atoms with van der Waals surface area (Å²) in [6.45, 7) is 0.908. The van der Waals surface area contributed by atoms with Crippen molar-refractivity contribution < 1.29 is 30.7 Å². The van der Waals surface area contributed by atoms with Crippen LogP contribution >= 0.6 is 0 Å². The maximum atomic E-state index is 13.1. The van der Waals surface area contributed by atoms with Crippen molar-refractivity contribution in [2.75, 3.05) is 38.1 Å². The second-order valence-corrected chi connectivity index (χ2v) is 10.6. The Morgan fingerprint density at radius 1 is 1.03 bits per heavy atom. The van der Waals surface area contributed by atoms with Crippen LogP contribution in [0.5, 0.6) is 5.75 Å². The number of methoxy groups -OCH3 is 1. The molecule has 2 aromatic carbocycles. The van der Waals surface area contributed by atoms with Crippen molar-refractivity contribution in [3.63, 3.8) is 0 Å². The van der Waals surface area contributed by atoms with Crippen LogP contribution in [0.1, 0.15) is 0 Å². The minimum absolute atomic E-state index is 0.0345. The van der Waals surface area contributed by atoms with Crippen LogP contribution in [0.2, 0.25) is 0 Å². The second kappa shape index (κ2) is 8.24. The van der Waals surface area contributed by atoms with Gasteiger partial charge in [0.15, 0.2) is 5.58 Å². The third-order valence-electron chi connectivity index (χ3n) is 5.08. The SMILES string of the molecule is COc1ccc(NS(=O)(=O)c2ccc3c(c2)oc(=O)n3C)cc1S(=O)(=O)N1CCOCC1.